The van der Waals surface area contributed by atoms with Gasteiger partial charge in [-0.3, -0.25) is 4.79 Å². The molecule has 1 unspecified atom stereocenters. The molecule has 1 atom stereocenters. The molecular formula is C17H16ClFN2O6S. The van der Waals surface area contributed by atoms with Crippen LogP contribution in [0.4, 0.5) is 4.39 Å². The van der Waals surface area contributed by atoms with E-state index in [9.17, 15) is 22.4 Å². The lowest BCUT2D eigenvalue weighted by Crippen LogP contribution is -2.38. The first-order chi connectivity index (χ1) is 13.2. The van der Waals surface area contributed by atoms with E-state index in [1.54, 1.807) is 0 Å². The average molecular weight is 431 g/mol. The average Bonchev–Trinajstić information content (AvgIpc) is 3.15. The lowest BCUT2D eigenvalue weighted by atomic mass is 10.1. The van der Waals surface area contributed by atoms with E-state index in [1.165, 1.54) is 19.1 Å². The van der Waals surface area contributed by atoms with E-state index in [4.69, 9.17) is 20.9 Å². The van der Waals surface area contributed by atoms with Crippen molar-refractivity contribution in [3.8, 4) is 11.3 Å². The number of carbonyl (C=O) groups is 2. The van der Waals surface area contributed by atoms with E-state index in [2.05, 4.69) is 10.5 Å². The summed E-state index contributed by atoms with van der Waals surface area (Å²) in [6, 6.07) is 3.48. The maximum Gasteiger partial charge on any atom is 0.344 e. The largest absolute Gasteiger partial charge is 0.452 e. The Morgan fingerprint density at radius 2 is 2.18 bits per heavy atom. The number of rotatable bonds is 5. The van der Waals surface area contributed by atoms with Gasteiger partial charge in [0.15, 0.2) is 16.4 Å². The Morgan fingerprint density at radius 3 is 2.82 bits per heavy atom. The summed E-state index contributed by atoms with van der Waals surface area (Å²) in [5.74, 6) is -2.36. The third-order valence-corrected chi connectivity index (χ3v) is 6.28. The van der Waals surface area contributed by atoms with E-state index < -0.39 is 40.2 Å². The Labute approximate surface area is 164 Å². The van der Waals surface area contributed by atoms with Crippen LogP contribution in [0, 0.1) is 12.7 Å². The van der Waals surface area contributed by atoms with Crippen molar-refractivity contribution in [3.63, 3.8) is 0 Å². The Morgan fingerprint density at radius 1 is 1.43 bits per heavy atom. The Kier molecular flexibility index (Phi) is 5.71. The molecule has 0 radical (unpaired) electrons. The summed E-state index contributed by atoms with van der Waals surface area (Å²) in [6.07, 6.45) is 0.308. The predicted octanol–water partition coefficient (Wildman–Crippen LogP) is 1.90. The predicted molar refractivity (Wildman–Crippen MR) is 97.1 cm³/mol. The second-order valence-corrected chi connectivity index (χ2v) is 8.94. The fourth-order valence-electron chi connectivity index (χ4n) is 2.89. The molecule has 0 spiro atoms. The van der Waals surface area contributed by atoms with Crippen LogP contribution in [-0.4, -0.2) is 49.6 Å². The van der Waals surface area contributed by atoms with E-state index in [0.29, 0.717) is 6.42 Å². The van der Waals surface area contributed by atoms with Gasteiger partial charge in [-0.2, -0.15) is 0 Å². The van der Waals surface area contributed by atoms with Crippen LogP contribution in [0.5, 0.6) is 0 Å². The van der Waals surface area contributed by atoms with Gasteiger partial charge < -0.3 is 14.6 Å². The number of ether oxygens (including phenoxy) is 1. The number of nitrogens with one attached hydrogen (secondary N) is 1. The van der Waals surface area contributed by atoms with Gasteiger partial charge in [0.05, 0.1) is 22.1 Å². The number of hydrogen-bond acceptors (Lipinski definition) is 7. The molecule has 1 aliphatic rings. The minimum Gasteiger partial charge on any atom is -0.452 e. The van der Waals surface area contributed by atoms with Crippen molar-refractivity contribution in [3.05, 3.63) is 40.4 Å². The summed E-state index contributed by atoms with van der Waals surface area (Å²) in [5.41, 5.74) is -0.398. The van der Waals surface area contributed by atoms with Gasteiger partial charge in [0, 0.05) is 6.04 Å². The number of sulfone groups is 1. The summed E-state index contributed by atoms with van der Waals surface area (Å²) < 4.78 is 46.9. The molecule has 11 heteroatoms. The molecule has 1 aliphatic heterocycles. The number of halogens is 2. The maximum atomic E-state index is 14.2. The smallest absolute Gasteiger partial charge is 0.344 e. The Hall–Kier alpha value is -2.46. The van der Waals surface area contributed by atoms with E-state index in [-0.39, 0.29) is 39.1 Å². The molecule has 150 valence electrons. The number of hydrogen-bond donors (Lipinski definition) is 1. The highest BCUT2D eigenvalue weighted by molar-refractivity contribution is 7.91. The van der Waals surface area contributed by atoms with E-state index >= 15 is 0 Å². The third-order valence-electron chi connectivity index (χ3n) is 4.20. The van der Waals surface area contributed by atoms with Gasteiger partial charge >= 0.3 is 5.97 Å². The summed E-state index contributed by atoms with van der Waals surface area (Å²) >= 11 is 6.01. The molecule has 8 nitrogen and oxygen atoms in total. The fourth-order valence-corrected chi connectivity index (χ4v) is 4.81. The molecule has 1 saturated heterocycles. The van der Waals surface area contributed by atoms with Gasteiger partial charge in [-0.05, 0) is 25.5 Å². The number of nitrogens with zero attached hydrogens (tertiary/aromatic N) is 1. The van der Waals surface area contributed by atoms with Crippen molar-refractivity contribution < 1.29 is 31.7 Å². The standard InChI is InChI=1S/C17H16ClFN2O6S/c1-9-14(16(21-27-9)15-11(18)3-2-4-12(15)19)17(23)26-7-13(22)20-10-5-6-28(24,25)8-10/h2-4,10H,5-8H2,1H3,(H,20,22). The zero-order chi connectivity index (χ0) is 20.5. The van der Waals surface area contributed by atoms with Crippen LogP contribution in [0.15, 0.2) is 22.7 Å². The summed E-state index contributed by atoms with van der Waals surface area (Å²) in [4.78, 5) is 24.4. The molecule has 1 aromatic heterocycles. The van der Waals surface area contributed by atoms with E-state index in [1.807, 2.05) is 0 Å². The SMILES string of the molecule is Cc1onc(-c2c(F)cccc2Cl)c1C(=O)OCC(=O)NC1CCS(=O)(=O)C1. The van der Waals surface area contributed by atoms with Crippen LogP contribution < -0.4 is 5.32 Å². The molecule has 2 aromatic rings. The first kappa shape index (κ1) is 20.3. The van der Waals surface area contributed by atoms with Crippen LogP contribution in [-0.2, 0) is 19.4 Å². The highest BCUT2D eigenvalue weighted by Crippen LogP contribution is 2.33. The van der Waals surface area contributed by atoms with Crippen molar-refractivity contribution in [2.75, 3.05) is 18.1 Å². The number of carbonyl (C=O) groups excluding carboxylic acids is 2. The molecule has 28 heavy (non-hydrogen) atoms. The number of benzene rings is 1. The van der Waals surface area contributed by atoms with Crippen LogP contribution in [0.1, 0.15) is 22.5 Å². The lowest BCUT2D eigenvalue weighted by Gasteiger charge is -2.11. The normalized spacial score (nSPS) is 18.0. The molecule has 1 aromatic carbocycles. The summed E-state index contributed by atoms with van der Waals surface area (Å²) in [7, 11) is -3.15. The zero-order valence-corrected chi connectivity index (χ0v) is 16.3. The van der Waals surface area contributed by atoms with Gasteiger partial charge in [0.2, 0.25) is 0 Å². The molecular weight excluding hydrogens is 415 g/mol. The molecule has 1 amide bonds. The van der Waals surface area contributed by atoms with Crippen molar-refractivity contribution in [2.45, 2.75) is 19.4 Å². The van der Waals surface area contributed by atoms with Gasteiger partial charge in [-0.15, -0.1) is 0 Å². The minimum atomic E-state index is -3.15. The monoisotopic (exact) mass is 430 g/mol. The molecule has 0 bridgehead atoms. The number of aryl methyl sites for hydroxylation is 1. The van der Waals surface area contributed by atoms with Crippen molar-refractivity contribution in [1.82, 2.24) is 10.5 Å². The van der Waals surface area contributed by atoms with Crippen molar-refractivity contribution >= 4 is 33.3 Å². The number of esters is 1. The second kappa shape index (κ2) is 7.88. The molecule has 1 N–H and O–H groups in total. The summed E-state index contributed by atoms with van der Waals surface area (Å²) in [5, 5.41) is 6.22. The zero-order valence-electron chi connectivity index (χ0n) is 14.7. The number of aromatic nitrogens is 1. The highest BCUT2D eigenvalue weighted by atomic mass is 35.5. The maximum absolute atomic E-state index is 14.2. The van der Waals surface area contributed by atoms with E-state index in [0.717, 1.165) is 6.07 Å². The topological polar surface area (TPSA) is 116 Å². The second-order valence-electron chi connectivity index (χ2n) is 6.30. The summed E-state index contributed by atoms with van der Waals surface area (Å²) in [6.45, 7) is 0.801. The molecule has 0 saturated carbocycles. The van der Waals surface area contributed by atoms with Crippen LogP contribution >= 0.6 is 11.6 Å². The molecule has 0 aliphatic carbocycles. The lowest BCUT2D eigenvalue weighted by molar-refractivity contribution is -0.124. The van der Waals surface area contributed by atoms with Crippen LogP contribution in [0.25, 0.3) is 11.3 Å². The molecule has 2 heterocycles. The Bertz CT molecular complexity index is 1020. The minimum absolute atomic E-state index is 0.00434. The van der Waals surface area contributed by atoms with Gasteiger partial charge in [0.25, 0.3) is 5.91 Å². The van der Waals surface area contributed by atoms with Gasteiger partial charge in [-0.25, -0.2) is 17.6 Å². The number of amides is 1. The molecule has 1 fully saturated rings. The van der Waals surface area contributed by atoms with Gasteiger partial charge in [0.1, 0.15) is 22.8 Å². The van der Waals surface area contributed by atoms with Crippen LogP contribution in [0.2, 0.25) is 5.02 Å². The van der Waals surface area contributed by atoms with Crippen molar-refractivity contribution in [2.24, 2.45) is 0 Å². The first-order valence-electron chi connectivity index (χ1n) is 8.25. The Balaban J connectivity index is 1.70. The fraction of sp³-hybridized carbons (Fsp3) is 0.353. The quantitative estimate of drug-likeness (QED) is 0.720. The van der Waals surface area contributed by atoms with Crippen molar-refractivity contribution in [1.29, 1.82) is 0 Å². The third kappa shape index (κ3) is 4.33. The molecule has 3 rings (SSSR count). The highest BCUT2D eigenvalue weighted by Gasteiger charge is 2.30. The van der Waals surface area contributed by atoms with Crippen LogP contribution in [0.3, 0.4) is 0 Å². The first-order valence-corrected chi connectivity index (χ1v) is 10.5. The van der Waals surface area contributed by atoms with Gasteiger partial charge in [-0.1, -0.05) is 22.8 Å².